The molecule has 0 atom stereocenters. The van der Waals surface area contributed by atoms with E-state index < -0.39 is 5.95 Å². The lowest BCUT2D eigenvalue weighted by Gasteiger charge is -2.28. The smallest absolute Gasteiger partial charge is 0.209 e. The van der Waals surface area contributed by atoms with Crippen LogP contribution in [-0.4, -0.2) is 34.6 Å². The van der Waals surface area contributed by atoms with E-state index in [2.05, 4.69) is 20.7 Å². The summed E-state index contributed by atoms with van der Waals surface area (Å²) in [4.78, 5) is 5.56. The summed E-state index contributed by atoms with van der Waals surface area (Å²) in [6.07, 6.45) is 4.18. The monoisotopic (exact) mass is 296 g/mol. The van der Waals surface area contributed by atoms with Gasteiger partial charge in [-0.15, -0.1) is 0 Å². The molecular formula is C15H25FN4O. The molecule has 21 heavy (non-hydrogen) atoms. The van der Waals surface area contributed by atoms with Gasteiger partial charge < -0.3 is 10.2 Å². The van der Waals surface area contributed by atoms with Crippen LogP contribution in [-0.2, 0) is 4.84 Å². The van der Waals surface area contributed by atoms with Gasteiger partial charge in [-0.3, -0.25) is 5.10 Å². The number of oxime groups is 1. The van der Waals surface area contributed by atoms with Crippen molar-refractivity contribution in [3.05, 3.63) is 17.7 Å². The Hall–Kier alpha value is -1.43. The molecule has 0 bridgehead atoms. The number of halogens is 1. The number of rotatable bonds is 4. The fourth-order valence-corrected chi connectivity index (χ4v) is 2.60. The molecule has 0 unspecified atom stereocenters. The van der Waals surface area contributed by atoms with E-state index in [1.165, 1.54) is 6.07 Å². The van der Waals surface area contributed by atoms with Gasteiger partial charge in [0.2, 0.25) is 5.95 Å². The van der Waals surface area contributed by atoms with E-state index in [4.69, 9.17) is 4.84 Å². The van der Waals surface area contributed by atoms with Crippen LogP contribution in [0.25, 0.3) is 0 Å². The minimum atomic E-state index is -0.447. The average molecular weight is 296 g/mol. The first kappa shape index (κ1) is 15.9. The van der Waals surface area contributed by atoms with Gasteiger partial charge in [-0.2, -0.15) is 9.49 Å². The Morgan fingerprint density at radius 2 is 2.05 bits per heavy atom. The molecule has 1 heterocycles. The lowest BCUT2D eigenvalue weighted by molar-refractivity contribution is -0.0000878. The van der Waals surface area contributed by atoms with Gasteiger partial charge >= 0.3 is 0 Å². The van der Waals surface area contributed by atoms with Crippen molar-refractivity contribution < 1.29 is 9.23 Å². The van der Waals surface area contributed by atoms with E-state index in [1.807, 2.05) is 27.8 Å². The number of aromatic nitrogens is 2. The molecule has 2 rings (SSSR count). The zero-order valence-electron chi connectivity index (χ0n) is 13.2. The van der Waals surface area contributed by atoms with Gasteiger partial charge in [-0.1, -0.05) is 5.16 Å². The van der Waals surface area contributed by atoms with Gasteiger partial charge in [0.15, 0.2) is 0 Å². The maximum atomic E-state index is 13.2. The molecule has 1 aliphatic carbocycles. The standard InChI is InChI=1S/C15H25FN4O/c1-15(2,3)21-20-14(12-9-13(16)19-18-12)10-5-7-11(17-4)8-6-10/h9-11,17H,5-8H2,1-4H3,(H,18,19)/b20-14-. The molecule has 1 fully saturated rings. The molecule has 1 aliphatic rings. The van der Waals surface area contributed by atoms with E-state index >= 15 is 0 Å². The Kier molecular flexibility index (Phi) is 4.98. The second-order valence-corrected chi connectivity index (χ2v) is 6.62. The molecule has 0 saturated heterocycles. The van der Waals surface area contributed by atoms with Gasteiger partial charge in [-0.25, -0.2) is 0 Å². The SMILES string of the molecule is CNC1CCC(/C(=N/OC(C)(C)C)c2cc(F)[nH]n2)CC1. The molecule has 1 aromatic rings. The Balaban J connectivity index is 2.16. The van der Waals surface area contributed by atoms with Crippen LogP contribution in [0.3, 0.4) is 0 Å². The Morgan fingerprint density at radius 1 is 1.38 bits per heavy atom. The van der Waals surface area contributed by atoms with Crippen molar-refractivity contribution in [3.63, 3.8) is 0 Å². The highest BCUT2D eigenvalue weighted by Gasteiger charge is 2.27. The Morgan fingerprint density at radius 3 is 2.52 bits per heavy atom. The van der Waals surface area contributed by atoms with Crippen LogP contribution in [0.15, 0.2) is 11.2 Å². The first-order valence-corrected chi connectivity index (χ1v) is 7.53. The van der Waals surface area contributed by atoms with Crippen molar-refractivity contribution in [2.45, 2.75) is 58.1 Å². The summed E-state index contributed by atoms with van der Waals surface area (Å²) < 4.78 is 13.2. The first-order valence-electron chi connectivity index (χ1n) is 7.53. The summed E-state index contributed by atoms with van der Waals surface area (Å²) in [5.41, 5.74) is 0.923. The maximum Gasteiger partial charge on any atom is 0.209 e. The number of nitrogens with zero attached hydrogens (tertiary/aromatic N) is 2. The topological polar surface area (TPSA) is 62.3 Å². The molecule has 0 aromatic carbocycles. The fraction of sp³-hybridized carbons (Fsp3) is 0.733. The van der Waals surface area contributed by atoms with Crippen molar-refractivity contribution in [1.29, 1.82) is 0 Å². The highest BCUT2D eigenvalue weighted by Crippen LogP contribution is 2.28. The normalized spacial score (nSPS) is 24.1. The maximum absolute atomic E-state index is 13.2. The fourth-order valence-electron chi connectivity index (χ4n) is 2.60. The number of H-pyrrole nitrogens is 1. The Labute approximate surface area is 125 Å². The highest BCUT2D eigenvalue weighted by atomic mass is 19.1. The molecule has 0 aliphatic heterocycles. The summed E-state index contributed by atoms with van der Waals surface area (Å²) >= 11 is 0. The molecule has 1 saturated carbocycles. The molecule has 0 amide bonds. The van der Waals surface area contributed by atoms with Gasteiger partial charge in [0.25, 0.3) is 0 Å². The van der Waals surface area contributed by atoms with Crippen molar-refractivity contribution >= 4 is 5.71 Å². The van der Waals surface area contributed by atoms with Gasteiger partial charge in [0.05, 0.1) is 0 Å². The second-order valence-electron chi connectivity index (χ2n) is 6.62. The van der Waals surface area contributed by atoms with Crippen molar-refractivity contribution in [3.8, 4) is 0 Å². The Bertz CT molecular complexity index is 484. The minimum absolute atomic E-state index is 0.264. The molecule has 6 heteroatoms. The molecular weight excluding hydrogens is 271 g/mol. The summed E-state index contributed by atoms with van der Waals surface area (Å²) in [7, 11) is 1.99. The lowest BCUT2D eigenvalue weighted by Crippen LogP contribution is -2.33. The van der Waals surface area contributed by atoms with Crippen LogP contribution < -0.4 is 5.32 Å². The van der Waals surface area contributed by atoms with Crippen LogP contribution in [0, 0.1) is 11.9 Å². The predicted molar refractivity (Wildman–Crippen MR) is 80.7 cm³/mol. The van der Waals surface area contributed by atoms with Crippen LogP contribution in [0.1, 0.15) is 52.1 Å². The molecule has 5 nitrogen and oxygen atoms in total. The van der Waals surface area contributed by atoms with E-state index in [-0.39, 0.29) is 11.5 Å². The van der Waals surface area contributed by atoms with Gasteiger partial charge in [-0.05, 0) is 53.5 Å². The van der Waals surface area contributed by atoms with Crippen molar-refractivity contribution in [2.75, 3.05) is 7.05 Å². The molecule has 0 radical (unpaired) electrons. The zero-order valence-corrected chi connectivity index (χ0v) is 13.2. The van der Waals surface area contributed by atoms with Crippen LogP contribution in [0.5, 0.6) is 0 Å². The lowest BCUT2D eigenvalue weighted by atomic mass is 9.82. The molecule has 2 N–H and O–H groups in total. The number of hydrogen-bond donors (Lipinski definition) is 2. The molecule has 118 valence electrons. The van der Waals surface area contributed by atoms with E-state index in [0.717, 1.165) is 31.4 Å². The third-order valence-corrected chi connectivity index (χ3v) is 3.75. The minimum Gasteiger partial charge on any atom is -0.390 e. The van der Waals surface area contributed by atoms with Crippen LogP contribution in [0.4, 0.5) is 4.39 Å². The van der Waals surface area contributed by atoms with Crippen molar-refractivity contribution in [1.82, 2.24) is 15.5 Å². The van der Waals surface area contributed by atoms with E-state index in [1.54, 1.807) is 0 Å². The van der Waals surface area contributed by atoms with Gasteiger partial charge in [0, 0.05) is 18.0 Å². The van der Waals surface area contributed by atoms with Crippen LogP contribution in [0.2, 0.25) is 0 Å². The second kappa shape index (κ2) is 6.56. The third kappa shape index (κ3) is 4.52. The first-order chi connectivity index (χ1) is 9.89. The zero-order chi connectivity index (χ0) is 15.5. The van der Waals surface area contributed by atoms with E-state index in [0.29, 0.717) is 11.7 Å². The summed E-state index contributed by atoms with van der Waals surface area (Å²) in [6.45, 7) is 5.82. The summed E-state index contributed by atoms with van der Waals surface area (Å²) in [6, 6.07) is 1.94. The average Bonchev–Trinajstić information content (AvgIpc) is 2.85. The van der Waals surface area contributed by atoms with Gasteiger partial charge in [0.1, 0.15) is 17.0 Å². The number of aromatic amines is 1. The molecule has 0 spiro atoms. The quantitative estimate of drug-likeness (QED) is 0.663. The van der Waals surface area contributed by atoms with Crippen LogP contribution >= 0.6 is 0 Å². The summed E-state index contributed by atoms with van der Waals surface area (Å²) in [5, 5.41) is 14.0. The largest absolute Gasteiger partial charge is 0.390 e. The van der Waals surface area contributed by atoms with Crippen molar-refractivity contribution in [2.24, 2.45) is 11.1 Å². The highest BCUT2D eigenvalue weighted by molar-refractivity contribution is 6.00. The van der Waals surface area contributed by atoms with E-state index in [9.17, 15) is 4.39 Å². The number of nitrogens with one attached hydrogen (secondary N) is 2. The summed E-state index contributed by atoms with van der Waals surface area (Å²) in [5.74, 6) is -0.183. The predicted octanol–water partition coefficient (Wildman–Crippen LogP) is 2.85. The number of hydrogen-bond acceptors (Lipinski definition) is 4. The molecule has 1 aromatic heterocycles. The third-order valence-electron chi connectivity index (χ3n) is 3.75.